The Bertz CT molecular complexity index is 1720. The molecule has 1 atom stereocenters. The molecule has 0 saturated heterocycles. The molecule has 3 aromatic carbocycles. The Morgan fingerprint density at radius 2 is 1.77 bits per heavy atom. The second-order valence-electron chi connectivity index (χ2n) is 8.63. The van der Waals surface area contributed by atoms with Gasteiger partial charge >= 0.3 is 11.9 Å². The molecule has 1 aliphatic heterocycles. The van der Waals surface area contributed by atoms with Gasteiger partial charge in [-0.25, -0.2) is 14.6 Å². The number of esters is 2. The van der Waals surface area contributed by atoms with Crippen molar-refractivity contribution in [3.63, 3.8) is 0 Å². The fraction of sp³-hybridized carbons (Fsp3) is 0.103. The first-order chi connectivity index (χ1) is 18.9. The zero-order valence-electron chi connectivity index (χ0n) is 20.9. The summed E-state index contributed by atoms with van der Waals surface area (Å²) in [5.74, 6) is -1.95. The summed E-state index contributed by atoms with van der Waals surface area (Å²) >= 11 is 3.47. The SMILES string of the molecule is COC(=O)C1=C(C(=O)OC)N(c2cccc(-c3nc4ccc(Br)cc4[nH]3)c2)C(N)=C(C#N)C1c1ccccc1. The summed E-state index contributed by atoms with van der Waals surface area (Å²) in [5.41, 5.74) is 9.83. The van der Waals surface area contributed by atoms with Crippen LogP contribution in [0.3, 0.4) is 0 Å². The number of imidazole rings is 1. The number of carbonyl (C=O) groups is 2. The van der Waals surface area contributed by atoms with Crippen LogP contribution in [0.4, 0.5) is 5.69 Å². The Hall–Kier alpha value is -4.88. The molecule has 1 aliphatic rings. The molecule has 0 spiro atoms. The third-order valence-electron chi connectivity index (χ3n) is 6.43. The number of aromatic amines is 1. The number of H-pyrrole nitrogens is 1. The van der Waals surface area contributed by atoms with Gasteiger partial charge in [-0.05, 0) is 35.9 Å². The lowest BCUT2D eigenvalue weighted by molar-refractivity contribution is -0.139. The maximum Gasteiger partial charge on any atom is 0.355 e. The first kappa shape index (κ1) is 25.8. The number of carbonyl (C=O) groups excluding carboxylic acids is 2. The number of aromatic nitrogens is 2. The predicted octanol–water partition coefficient (Wildman–Crippen LogP) is 4.89. The Kier molecular flexibility index (Phi) is 6.92. The molecule has 9 nitrogen and oxygen atoms in total. The quantitative estimate of drug-likeness (QED) is 0.317. The minimum absolute atomic E-state index is 0.00917. The van der Waals surface area contributed by atoms with Crippen molar-refractivity contribution in [3.8, 4) is 17.5 Å². The summed E-state index contributed by atoms with van der Waals surface area (Å²) < 4.78 is 11.1. The summed E-state index contributed by atoms with van der Waals surface area (Å²) in [4.78, 5) is 35.8. The van der Waals surface area contributed by atoms with E-state index >= 15 is 0 Å². The van der Waals surface area contributed by atoms with Crippen molar-refractivity contribution < 1.29 is 19.1 Å². The summed E-state index contributed by atoms with van der Waals surface area (Å²) in [6.07, 6.45) is 0. The molecule has 5 rings (SSSR count). The molecule has 0 radical (unpaired) electrons. The van der Waals surface area contributed by atoms with Gasteiger partial charge in [0.15, 0.2) is 0 Å². The van der Waals surface area contributed by atoms with Crippen molar-refractivity contribution in [3.05, 3.63) is 105 Å². The van der Waals surface area contributed by atoms with E-state index in [2.05, 4.69) is 32.0 Å². The van der Waals surface area contributed by atoms with E-state index in [0.717, 1.165) is 15.5 Å². The van der Waals surface area contributed by atoms with E-state index in [0.29, 0.717) is 22.6 Å². The van der Waals surface area contributed by atoms with Gasteiger partial charge in [0.1, 0.15) is 17.3 Å². The van der Waals surface area contributed by atoms with Crippen molar-refractivity contribution >= 4 is 44.6 Å². The van der Waals surface area contributed by atoms with Gasteiger partial charge in [-0.15, -0.1) is 0 Å². The minimum atomic E-state index is -0.939. The summed E-state index contributed by atoms with van der Waals surface area (Å²) in [6, 6.07) is 23.8. The van der Waals surface area contributed by atoms with E-state index in [1.54, 1.807) is 42.5 Å². The highest BCUT2D eigenvalue weighted by Crippen LogP contribution is 2.43. The van der Waals surface area contributed by atoms with Gasteiger partial charge in [0.2, 0.25) is 0 Å². The fourth-order valence-corrected chi connectivity index (χ4v) is 5.05. The first-order valence-corrected chi connectivity index (χ1v) is 12.6. The lowest BCUT2D eigenvalue weighted by Crippen LogP contribution is -2.40. The van der Waals surface area contributed by atoms with Gasteiger partial charge in [-0.1, -0.05) is 58.4 Å². The van der Waals surface area contributed by atoms with Gasteiger partial charge in [0.25, 0.3) is 0 Å². The van der Waals surface area contributed by atoms with E-state index in [1.165, 1.54) is 19.1 Å². The standard InChI is InChI=1S/C29H22BrN5O4/c1-38-28(36)24-23(16-7-4-3-5-8-16)20(15-31)26(32)35(25(24)29(37)39-2)19-10-6-9-17(13-19)27-33-21-12-11-18(30)14-22(21)34-27/h3-14,23H,32H2,1-2H3,(H,33,34). The van der Waals surface area contributed by atoms with Gasteiger partial charge in [0.05, 0.1) is 48.4 Å². The number of fused-ring (bicyclic) bond motifs is 1. The van der Waals surface area contributed by atoms with Crippen LogP contribution < -0.4 is 10.6 Å². The van der Waals surface area contributed by atoms with Crippen LogP contribution in [0, 0.1) is 11.3 Å². The third kappa shape index (κ3) is 4.53. The van der Waals surface area contributed by atoms with E-state index < -0.39 is 17.9 Å². The van der Waals surface area contributed by atoms with Gasteiger partial charge in [-0.2, -0.15) is 5.26 Å². The zero-order valence-corrected chi connectivity index (χ0v) is 22.5. The number of nitrogens with one attached hydrogen (secondary N) is 1. The number of nitriles is 1. The van der Waals surface area contributed by atoms with Crippen molar-refractivity contribution in [1.82, 2.24) is 9.97 Å². The molecule has 1 unspecified atom stereocenters. The molecule has 0 amide bonds. The molecule has 2 heterocycles. The number of ether oxygens (including phenoxy) is 2. The molecule has 0 aliphatic carbocycles. The largest absolute Gasteiger partial charge is 0.466 e. The molecular formula is C29H22BrN5O4. The van der Waals surface area contributed by atoms with Crippen LogP contribution in [0.1, 0.15) is 11.5 Å². The number of rotatable bonds is 5. The number of methoxy groups -OCH3 is 2. The number of hydrogen-bond acceptors (Lipinski definition) is 8. The Labute approximate surface area is 232 Å². The number of hydrogen-bond donors (Lipinski definition) is 2. The average Bonchev–Trinajstić information content (AvgIpc) is 3.39. The van der Waals surface area contributed by atoms with Crippen molar-refractivity contribution in [2.45, 2.75) is 5.92 Å². The van der Waals surface area contributed by atoms with Gasteiger partial charge < -0.3 is 20.2 Å². The van der Waals surface area contributed by atoms with Gasteiger partial charge in [-0.3, -0.25) is 4.90 Å². The maximum absolute atomic E-state index is 13.3. The molecule has 194 valence electrons. The van der Waals surface area contributed by atoms with Crippen molar-refractivity contribution in [1.29, 1.82) is 5.26 Å². The first-order valence-electron chi connectivity index (χ1n) is 11.8. The second kappa shape index (κ2) is 10.5. The van der Waals surface area contributed by atoms with Crippen LogP contribution in [0.5, 0.6) is 0 Å². The number of nitrogens with two attached hydrogens (primary N) is 1. The molecular weight excluding hydrogens is 562 g/mol. The van der Waals surface area contributed by atoms with Crippen LogP contribution in [-0.2, 0) is 19.1 Å². The maximum atomic E-state index is 13.3. The van der Waals surface area contributed by atoms with Crippen LogP contribution in [0.15, 0.2) is 99.9 Å². The highest BCUT2D eigenvalue weighted by Gasteiger charge is 2.43. The van der Waals surface area contributed by atoms with Crippen LogP contribution in [-0.4, -0.2) is 36.1 Å². The van der Waals surface area contributed by atoms with Crippen LogP contribution in [0.25, 0.3) is 22.4 Å². The fourth-order valence-electron chi connectivity index (χ4n) is 4.69. The molecule has 1 aromatic heterocycles. The van der Waals surface area contributed by atoms with E-state index in [9.17, 15) is 14.9 Å². The van der Waals surface area contributed by atoms with Crippen LogP contribution >= 0.6 is 15.9 Å². The highest BCUT2D eigenvalue weighted by molar-refractivity contribution is 9.10. The monoisotopic (exact) mass is 583 g/mol. The third-order valence-corrected chi connectivity index (χ3v) is 6.93. The number of anilines is 1. The number of benzene rings is 3. The number of nitrogens with zero attached hydrogens (tertiary/aromatic N) is 3. The molecule has 0 saturated carbocycles. The molecule has 10 heteroatoms. The van der Waals surface area contributed by atoms with Crippen molar-refractivity contribution in [2.75, 3.05) is 19.1 Å². The van der Waals surface area contributed by atoms with E-state index in [4.69, 9.17) is 15.2 Å². The molecule has 4 aromatic rings. The smallest absolute Gasteiger partial charge is 0.355 e. The molecule has 0 fully saturated rings. The Morgan fingerprint density at radius 1 is 1.03 bits per heavy atom. The van der Waals surface area contributed by atoms with Gasteiger partial charge in [0, 0.05) is 15.7 Å². The second-order valence-corrected chi connectivity index (χ2v) is 9.55. The van der Waals surface area contributed by atoms with Crippen LogP contribution in [0.2, 0.25) is 0 Å². The van der Waals surface area contributed by atoms with E-state index in [-0.39, 0.29) is 22.7 Å². The lowest BCUT2D eigenvalue weighted by atomic mass is 9.81. The molecule has 39 heavy (non-hydrogen) atoms. The van der Waals surface area contributed by atoms with Crippen molar-refractivity contribution in [2.24, 2.45) is 5.73 Å². The summed E-state index contributed by atoms with van der Waals surface area (Å²) in [5, 5.41) is 10.2. The Morgan fingerprint density at radius 3 is 2.46 bits per heavy atom. The molecule has 3 N–H and O–H groups in total. The summed E-state index contributed by atoms with van der Waals surface area (Å²) in [7, 11) is 2.42. The number of halogens is 1. The lowest BCUT2D eigenvalue weighted by Gasteiger charge is -2.36. The minimum Gasteiger partial charge on any atom is -0.466 e. The predicted molar refractivity (Wildman–Crippen MR) is 149 cm³/mol. The molecule has 0 bridgehead atoms. The van der Waals surface area contributed by atoms with E-state index in [1.807, 2.05) is 30.3 Å². The average molecular weight is 584 g/mol. The summed E-state index contributed by atoms with van der Waals surface area (Å²) in [6.45, 7) is 0. The Balaban J connectivity index is 1.74. The highest BCUT2D eigenvalue weighted by atomic mass is 79.9. The topological polar surface area (TPSA) is 134 Å². The normalized spacial score (nSPS) is 15.3. The number of allylic oxidation sites excluding steroid dienone is 1. The zero-order chi connectivity index (χ0) is 27.7.